The topological polar surface area (TPSA) is 53.5 Å². The Hall–Kier alpha value is -3.28. The van der Waals surface area contributed by atoms with Gasteiger partial charge in [-0.1, -0.05) is 12.1 Å². The quantitative estimate of drug-likeness (QED) is 0.731. The molecule has 1 fully saturated rings. The van der Waals surface area contributed by atoms with E-state index in [9.17, 15) is 0 Å². The van der Waals surface area contributed by atoms with E-state index in [0.29, 0.717) is 0 Å². The molecule has 3 aromatic rings. The van der Waals surface area contributed by atoms with Crippen LogP contribution in [0.15, 0.2) is 60.9 Å². The minimum Gasteiger partial charge on any atom is -0.497 e. The Morgan fingerprint density at radius 3 is 2.36 bits per heavy atom. The summed E-state index contributed by atoms with van der Waals surface area (Å²) in [7, 11) is 1.66. The van der Waals surface area contributed by atoms with Gasteiger partial charge in [0, 0.05) is 43.6 Å². The third-order valence-corrected chi connectivity index (χ3v) is 4.99. The molecule has 2 aromatic carbocycles. The van der Waals surface area contributed by atoms with E-state index in [0.717, 1.165) is 49.3 Å². The Morgan fingerprint density at radius 1 is 0.893 bits per heavy atom. The lowest BCUT2D eigenvalue weighted by molar-refractivity contribution is 0.415. The number of aryl methyl sites for hydroxylation is 1. The highest BCUT2D eigenvalue weighted by Gasteiger charge is 2.19. The van der Waals surface area contributed by atoms with E-state index in [1.165, 1.54) is 11.3 Å². The molecule has 2 heterocycles. The molecular weight excluding hydrogens is 350 g/mol. The second kappa shape index (κ2) is 8.17. The number of piperazine rings is 1. The van der Waals surface area contributed by atoms with Crippen LogP contribution in [-0.4, -0.2) is 43.3 Å². The van der Waals surface area contributed by atoms with Crippen molar-refractivity contribution in [1.29, 1.82) is 0 Å². The number of hydrogen-bond donors (Lipinski definition) is 1. The first-order valence-corrected chi connectivity index (χ1v) is 9.51. The standard InChI is InChI=1S/C22H25N5O/c1-17-4-3-5-19(14-17)26-10-12-27(13-11-26)22-15-21(23-16-24-22)25-18-6-8-20(28-2)9-7-18/h3-9,14-16H,10-13H2,1-2H3,(H,23,24,25). The molecule has 1 aromatic heterocycles. The molecule has 1 N–H and O–H groups in total. The Labute approximate surface area is 165 Å². The fourth-order valence-electron chi connectivity index (χ4n) is 3.43. The summed E-state index contributed by atoms with van der Waals surface area (Å²) < 4.78 is 5.20. The van der Waals surface area contributed by atoms with Crippen LogP contribution in [0.4, 0.5) is 23.0 Å². The van der Waals surface area contributed by atoms with E-state index in [4.69, 9.17) is 4.74 Å². The van der Waals surface area contributed by atoms with E-state index in [1.54, 1.807) is 13.4 Å². The smallest absolute Gasteiger partial charge is 0.135 e. The fraction of sp³-hybridized carbons (Fsp3) is 0.273. The Morgan fingerprint density at radius 2 is 1.64 bits per heavy atom. The molecule has 6 heteroatoms. The lowest BCUT2D eigenvalue weighted by Crippen LogP contribution is -2.46. The van der Waals surface area contributed by atoms with Crippen LogP contribution in [0.5, 0.6) is 5.75 Å². The van der Waals surface area contributed by atoms with Gasteiger partial charge in [-0.05, 0) is 48.9 Å². The molecule has 0 bridgehead atoms. The van der Waals surface area contributed by atoms with E-state index in [-0.39, 0.29) is 0 Å². The van der Waals surface area contributed by atoms with Gasteiger partial charge in [0.1, 0.15) is 23.7 Å². The Bertz CT molecular complexity index is 920. The molecule has 0 saturated carbocycles. The number of hydrogen-bond acceptors (Lipinski definition) is 6. The predicted octanol–water partition coefficient (Wildman–Crippen LogP) is 3.86. The van der Waals surface area contributed by atoms with Crippen LogP contribution in [0.3, 0.4) is 0 Å². The van der Waals surface area contributed by atoms with Gasteiger partial charge in [0.15, 0.2) is 0 Å². The second-order valence-electron chi connectivity index (χ2n) is 6.93. The van der Waals surface area contributed by atoms with Crippen molar-refractivity contribution in [2.24, 2.45) is 0 Å². The summed E-state index contributed by atoms with van der Waals surface area (Å²) in [5, 5.41) is 3.33. The monoisotopic (exact) mass is 375 g/mol. The largest absolute Gasteiger partial charge is 0.497 e. The summed E-state index contributed by atoms with van der Waals surface area (Å²) in [5.74, 6) is 2.58. The van der Waals surface area contributed by atoms with Crippen LogP contribution in [0, 0.1) is 6.92 Å². The van der Waals surface area contributed by atoms with Crippen molar-refractivity contribution in [2.75, 3.05) is 48.4 Å². The van der Waals surface area contributed by atoms with Gasteiger partial charge in [-0.15, -0.1) is 0 Å². The average Bonchev–Trinajstić information content (AvgIpc) is 2.75. The summed E-state index contributed by atoms with van der Waals surface area (Å²) in [6.07, 6.45) is 1.62. The summed E-state index contributed by atoms with van der Waals surface area (Å²) in [6.45, 7) is 5.97. The fourth-order valence-corrected chi connectivity index (χ4v) is 3.43. The van der Waals surface area contributed by atoms with Crippen LogP contribution < -0.4 is 19.9 Å². The first-order chi connectivity index (χ1) is 13.7. The molecule has 0 atom stereocenters. The molecule has 144 valence electrons. The molecule has 1 saturated heterocycles. The van der Waals surface area contributed by atoms with Gasteiger partial charge in [0.2, 0.25) is 0 Å². The van der Waals surface area contributed by atoms with Gasteiger partial charge in [-0.2, -0.15) is 0 Å². The van der Waals surface area contributed by atoms with Crippen molar-refractivity contribution in [1.82, 2.24) is 9.97 Å². The van der Waals surface area contributed by atoms with Crippen molar-refractivity contribution < 1.29 is 4.74 Å². The summed E-state index contributed by atoms with van der Waals surface area (Å²) >= 11 is 0. The van der Waals surface area contributed by atoms with Crippen molar-refractivity contribution in [2.45, 2.75) is 6.92 Å². The number of methoxy groups -OCH3 is 1. The van der Waals surface area contributed by atoms with E-state index >= 15 is 0 Å². The summed E-state index contributed by atoms with van der Waals surface area (Å²) in [5.41, 5.74) is 3.56. The third-order valence-electron chi connectivity index (χ3n) is 4.99. The molecule has 0 spiro atoms. The molecule has 0 aliphatic carbocycles. The molecule has 0 unspecified atom stereocenters. The molecule has 0 amide bonds. The zero-order valence-electron chi connectivity index (χ0n) is 16.3. The average molecular weight is 375 g/mol. The summed E-state index contributed by atoms with van der Waals surface area (Å²) in [6, 6.07) is 18.5. The maximum atomic E-state index is 5.20. The van der Waals surface area contributed by atoms with Crippen molar-refractivity contribution in [3.8, 4) is 5.75 Å². The minimum atomic E-state index is 0.788. The van der Waals surface area contributed by atoms with Gasteiger partial charge in [-0.3, -0.25) is 0 Å². The van der Waals surface area contributed by atoms with Crippen LogP contribution in [0.25, 0.3) is 0 Å². The van der Waals surface area contributed by atoms with Crippen LogP contribution in [-0.2, 0) is 0 Å². The minimum absolute atomic E-state index is 0.788. The zero-order valence-corrected chi connectivity index (χ0v) is 16.3. The number of benzene rings is 2. The van der Waals surface area contributed by atoms with Gasteiger partial charge in [0.25, 0.3) is 0 Å². The first-order valence-electron chi connectivity index (χ1n) is 9.51. The molecular formula is C22H25N5O. The van der Waals surface area contributed by atoms with Gasteiger partial charge in [0.05, 0.1) is 7.11 Å². The van der Waals surface area contributed by atoms with Crippen LogP contribution in [0.2, 0.25) is 0 Å². The van der Waals surface area contributed by atoms with E-state index in [2.05, 4.69) is 56.3 Å². The molecule has 28 heavy (non-hydrogen) atoms. The highest BCUT2D eigenvalue weighted by atomic mass is 16.5. The highest BCUT2D eigenvalue weighted by molar-refractivity contribution is 5.60. The molecule has 0 radical (unpaired) electrons. The number of aromatic nitrogens is 2. The molecule has 4 rings (SSSR count). The van der Waals surface area contributed by atoms with Gasteiger partial charge >= 0.3 is 0 Å². The normalized spacial score (nSPS) is 14.1. The Kier molecular flexibility index (Phi) is 5.28. The van der Waals surface area contributed by atoms with E-state index in [1.807, 2.05) is 30.3 Å². The number of rotatable bonds is 5. The van der Waals surface area contributed by atoms with Crippen molar-refractivity contribution in [3.05, 3.63) is 66.5 Å². The molecule has 1 aliphatic rings. The Balaban J connectivity index is 1.40. The second-order valence-corrected chi connectivity index (χ2v) is 6.93. The SMILES string of the molecule is COc1ccc(Nc2cc(N3CCN(c4cccc(C)c4)CC3)ncn2)cc1. The number of ether oxygens (including phenoxy) is 1. The van der Waals surface area contributed by atoms with E-state index < -0.39 is 0 Å². The zero-order chi connectivity index (χ0) is 19.3. The van der Waals surface area contributed by atoms with Gasteiger partial charge < -0.3 is 19.9 Å². The van der Waals surface area contributed by atoms with Gasteiger partial charge in [-0.25, -0.2) is 9.97 Å². The molecule has 6 nitrogen and oxygen atoms in total. The maximum absolute atomic E-state index is 5.20. The molecule has 1 aliphatic heterocycles. The van der Waals surface area contributed by atoms with Crippen LogP contribution >= 0.6 is 0 Å². The lowest BCUT2D eigenvalue weighted by atomic mass is 10.2. The van der Waals surface area contributed by atoms with Crippen molar-refractivity contribution >= 4 is 23.0 Å². The number of nitrogens with one attached hydrogen (secondary N) is 1. The van der Waals surface area contributed by atoms with Crippen molar-refractivity contribution in [3.63, 3.8) is 0 Å². The number of anilines is 4. The van der Waals surface area contributed by atoms with Crippen LogP contribution in [0.1, 0.15) is 5.56 Å². The summed E-state index contributed by atoms with van der Waals surface area (Å²) in [4.78, 5) is 13.6. The predicted molar refractivity (Wildman–Crippen MR) is 114 cm³/mol. The third kappa shape index (κ3) is 4.17. The highest BCUT2D eigenvalue weighted by Crippen LogP contribution is 2.23. The number of nitrogens with zero attached hydrogens (tertiary/aromatic N) is 4. The lowest BCUT2D eigenvalue weighted by Gasteiger charge is -2.36. The maximum Gasteiger partial charge on any atom is 0.135 e. The first kappa shape index (κ1) is 18.1.